The summed E-state index contributed by atoms with van der Waals surface area (Å²) >= 11 is 0. The number of fused-ring (bicyclic) bond motifs is 1. The van der Waals surface area contributed by atoms with Crippen LogP contribution in [0.3, 0.4) is 0 Å². The largest absolute Gasteiger partial charge is 0.368 e. The monoisotopic (exact) mass is 431 g/mol. The predicted molar refractivity (Wildman–Crippen MR) is 126 cm³/mol. The number of rotatable bonds is 4. The number of piperazine rings is 1. The normalized spacial score (nSPS) is 14.2. The smallest absolute Gasteiger partial charge is 0.229 e. The zero-order valence-electron chi connectivity index (χ0n) is 18.5. The number of anilines is 4. The molecule has 0 bridgehead atoms. The highest BCUT2D eigenvalue weighted by atomic mass is 19.1. The highest BCUT2D eigenvalue weighted by Crippen LogP contribution is 2.28. The van der Waals surface area contributed by atoms with Gasteiger partial charge in [-0.05, 0) is 49.7 Å². The summed E-state index contributed by atoms with van der Waals surface area (Å²) < 4.78 is 15.0. The summed E-state index contributed by atoms with van der Waals surface area (Å²) in [5, 5.41) is 8.78. The third kappa shape index (κ3) is 3.84. The van der Waals surface area contributed by atoms with E-state index in [-0.39, 0.29) is 5.82 Å². The van der Waals surface area contributed by atoms with Crippen LogP contribution in [0.1, 0.15) is 11.1 Å². The lowest BCUT2D eigenvalue weighted by atomic mass is 10.1. The predicted octanol–water partition coefficient (Wildman–Crippen LogP) is 4.19. The first-order chi connectivity index (χ1) is 15.5. The molecule has 8 heteroatoms. The number of aromatic nitrogens is 4. The zero-order chi connectivity index (χ0) is 22.2. The van der Waals surface area contributed by atoms with E-state index in [0.717, 1.165) is 60.0 Å². The Labute approximate surface area is 186 Å². The highest BCUT2D eigenvalue weighted by Gasteiger charge is 2.22. The SMILES string of the molecule is Cc1ccc(Nc2nc(N3CCN(c4ccc(F)cc4)CC3)nc3c2cnn3C)c(C)c1. The topological polar surface area (TPSA) is 62.1 Å². The third-order valence-electron chi connectivity index (χ3n) is 5.97. The lowest BCUT2D eigenvalue weighted by molar-refractivity contribution is 0.623. The molecule has 2 aromatic heterocycles. The number of nitrogens with one attached hydrogen (secondary N) is 1. The molecule has 3 heterocycles. The first kappa shape index (κ1) is 20.2. The molecule has 1 N–H and O–H groups in total. The lowest BCUT2D eigenvalue weighted by Gasteiger charge is -2.36. The fourth-order valence-corrected chi connectivity index (χ4v) is 4.15. The Morgan fingerprint density at radius 2 is 1.62 bits per heavy atom. The van der Waals surface area contributed by atoms with Gasteiger partial charge in [0.1, 0.15) is 11.6 Å². The Bertz CT molecular complexity index is 1260. The maximum Gasteiger partial charge on any atom is 0.229 e. The van der Waals surface area contributed by atoms with Crippen molar-refractivity contribution in [3.63, 3.8) is 0 Å². The minimum absolute atomic E-state index is 0.214. The number of aryl methyl sites for hydroxylation is 3. The Hall–Kier alpha value is -3.68. The van der Waals surface area contributed by atoms with E-state index in [0.29, 0.717) is 5.95 Å². The standard InChI is InChI=1S/C24H26FN7/c1-16-4-9-21(17(2)14-16)27-22-20-15-26-30(3)23(20)29-24(28-22)32-12-10-31(11-13-32)19-7-5-18(25)6-8-19/h4-9,14-15H,10-13H2,1-3H3,(H,27,28,29). The van der Waals surface area contributed by atoms with Crippen LogP contribution in [-0.4, -0.2) is 45.9 Å². The number of halogens is 1. The molecule has 1 fully saturated rings. The Morgan fingerprint density at radius 1 is 0.906 bits per heavy atom. The molecule has 1 saturated heterocycles. The van der Waals surface area contributed by atoms with Crippen molar-refractivity contribution in [1.29, 1.82) is 0 Å². The van der Waals surface area contributed by atoms with Crippen molar-refractivity contribution >= 4 is 34.2 Å². The highest BCUT2D eigenvalue weighted by molar-refractivity contribution is 5.89. The molecule has 2 aromatic carbocycles. The molecule has 0 atom stereocenters. The van der Waals surface area contributed by atoms with Gasteiger partial charge in [0.25, 0.3) is 0 Å². The molecule has 0 amide bonds. The van der Waals surface area contributed by atoms with E-state index in [2.05, 4.69) is 52.3 Å². The number of hydrogen-bond acceptors (Lipinski definition) is 6. The van der Waals surface area contributed by atoms with Gasteiger partial charge in [0, 0.05) is 44.6 Å². The van der Waals surface area contributed by atoms with Gasteiger partial charge in [-0.25, -0.2) is 4.39 Å². The summed E-state index contributed by atoms with van der Waals surface area (Å²) in [4.78, 5) is 14.2. The molecule has 0 spiro atoms. The first-order valence-electron chi connectivity index (χ1n) is 10.8. The van der Waals surface area contributed by atoms with E-state index in [1.54, 1.807) is 10.9 Å². The van der Waals surface area contributed by atoms with Crippen LogP contribution in [0.2, 0.25) is 0 Å². The van der Waals surface area contributed by atoms with Gasteiger partial charge in [-0.3, -0.25) is 4.68 Å². The molecular formula is C24H26FN7. The fraction of sp³-hybridized carbons (Fsp3) is 0.292. The number of benzene rings is 2. The van der Waals surface area contributed by atoms with Crippen molar-refractivity contribution < 1.29 is 4.39 Å². The van der Waals surface area contributed by atoms with Crippen molar-refractivity contribution in [3.05, 3.63) is 65.6 Å². The van der Waals surface area contributed by atoms with Gasteiger partial charge in [0.15, 0.2) is 5.65 Å². The molecule has 7 nitrogen and oxygen atoms in total. The van der Waals surface area contributed by atoms with Crippen LogP contribution in [0.25, 0.3) is 11.0 Å². The quantitative estimate of drug-likeness (QED) is 0.523. The average molecular weight is 432 g/mol. The van der Waals surface area contributed by atoms with Crippen molar-refractivity contribution in [2.75, 3.05) is 41.3 Å². The van der Waals surface area contributed by atoms with Gasteiger partial charge in [-0.1, -0.05) is 17.7 Å². The minimum Gasteiger partial charge on any atom is -0.368 e. The molecule has 5 rings (SSSR count). The van der Waals surface area contributed by atoms with Crippen LogP contribution in [0.4, 0.5) is 27.5 Å². The number of nitrogens with zero attached hydrogens (tertiary/aromatic N) is 6. The van der Waals surface area contributed by atoms with Gasteiger partial charge in [0.05, 0.1) is 11.6 Å². The average Bonchev–Trinajstić information content (AvgIpc) is 3.17. The third-order valence-corrected chi connectivity index (χ3v) is 5.97. The Balaban J connectivity index is 1.42. The van der Waals surface area contributed by atoms with Crippen LogP contribution >= 0.6 is 0 Å². The van der Waals surface area contributed by atoms with Gasteiger partial charge < -0.3 is 15.1 Å². The summed E-state index contributed by atoms with van der Waals surface area (Å²) in [6.45, 7) is 7.38. The van der Waals surface area contributed by atoms with E-state index in [9.17, 15) is 4.39 Å². The lowest BCUT2D eigenvalue weighted by Crippen LogP contribution is -2.47. The Morgan fingerprint density at radius 3 is 2.34 bits per heavy atom. The van der Waals surface area contributed by atoms with Crippen LogP contribution in [0.15, 0.2) is 48.7 Å². The molecule has 0 aliphatic carbocycles. The van der Waals surface area contributed by atoms with E-state index in [1.165, 1.54) is 17.7 Å². The molecular weight excluding hydrogens is 405 g/mol. The summed E-state index contributed by atoms with van der Waals surface area (Å²) in [7, 11) is 1.90. The van der Waals surface area contributed by atoms with E-state index in [4.69, 9.17) is 9.97 Å². The zero-order valence-corrected chi connectivity index (χ0v) is 18.5. The Kier molecular flexibility index (Phi) is 5.13. The first-order valence-corrected chi connectivity index (χ1v) is 10.8. The fourth-order valence-electron chi connectivity index (χ4n) is 4.15. The van der Waals surface area contributed by atoms with Crippen LogP contribution in [0.5, 0.6) is 0 Å². The molecule has 4 aromatic rings. The molecule has 0 saturated carbocycles. The molecule has 1 aliphatic rings. The van der Waals surface area contributed by atoms with Crippen molar-refractivity contribution in [1.82, 2.24) is 19.7 Å². The van der Waals surface area contributed by atoms with Crippen molar-refractivity contribution in [2.45, 2.75) is 13.8 Å². The second-order valence-corrected chi connectivity index (χ2v) is 8.27. The van der Waals surface area contributed by atoms with Crippen molar-refractivity contribution in [2.24, 2.45) is 7.05 Å². The summed E-state index contributed by atoms with van der Waals surface area (Å²) in [6.07, 6.45) is 1.80. The molecule has 1 aliphatic heterocycles. The second kappa shape index (κ2) is 8.11. The maximum atomic E-state index is 13.3. The van der Waals surface area contributed by atoms with Gasteiger partial charge in [-0.2, -0.15) is 15.1 Å². The molecule has 164 valence electrons. The summed E-state index contributed by atoms with van der Waals surface area (Å²) in [5.41, 5.74) is 5.23. The number of hydrogen-bond donors (Lipinski definition) is 1. The summed E-state index contributed by atoms with van der Waals surface area (Å²) in [5.74, 6) is 1.23. The van der Waals surface area contributed by atoms with Gasteiger partial charge in [0.2, 0.25) is 5.95 Å². The van der Waals surface area contributed by atoms with Gasteiger partial charge in [-0.15, -0.1) is 0 Å². The molecule has 32 heavy (non-hydrogen) atoms. The van der Waals surface area contributed by atoms with Crippen LogP contribution < -0.4 is 15.1 Å². The van der Waals surface area contributed by atoms with Crippen LogP contribution in [0, 0.1) is 19.7 Å². The maximum absolute atomic E-state index is 13.3. The van der Waals surface area contributed by atoms with E-state index >= 15 is 0 Å². The van der Waals surface area contributed by atoms with E-state index in [1.807, 2.05) is 19.2 Å². The molecule has 0 radical (unpaired) electrons. The van der Waals surface area contributed by atoms with Crippen molar-refractivity contribution in [3.8, 4) is 0 Å². The molecule has 0 unspecified atom stereocenters. The van der Waals surface area contributed by atoms with Crippen LogP contribution in [-0.2, 0) is 7.05 Å². The second-order valence-electron chi connectivity index (χ2n) is 8.27. The van der Waals surface area contributed by atoms with E-state index < -0.39 is 0 Å². The van der Waals surface area contributed by atoms with Gasteiger partial charge >= 0.3 is 0 Å². The minimum atomic E-state index is -0.214. The summed E-state index contributed by atoms with van der Waals surface area (Å²) in [6, 6.07) is 13.0.